The molecule has 14 heavy (non-hydrogen) atoms. The van der Waals surface area contributed by atoms with E-state index in [2.05, 4.69) is 9.47 Å². The van der Waals surface area contributed by atoms with Crippen molar-refractivity contribution in [2.24, 2.45) is 11.8 Å². The minimum atomic E-state index is -0.391. The van der Waals surface area contributed by atoms with Crippen molar-refractivity contribution in [1.82, 2.24) is 4.90 Å². The van der Waals surface area contributed by atoms with Gasteiger partial charge in [-0.3, -0.25) is 9.59 Å². The molecule has 0 unspecified atom stereocenters. The summed E-state index contributed by atoms with van der Waals surface area (Å²) < 4.78 is 9.27. The molecule has 0 radical (unpaired) electrons. The van der Waals surface area contributed by atoms with Gasteiger partial charge in [0, 0.05) is 13.1 Å². The fourth-order valence-corrected chi connectivity index (χ4v) is 1.78. The fraction of sp³-hybridized carbons (Fsp3) is 0.778. The summed E-state index contributed by atoms with van der Waals surface area (Å²) in [5.74, 6) is -1.47. The van der Waals surface area contributed by atoms with Crippen LogP contribution in [0.15, 0.2) is 0 Å². The smallest absolute Gasteiger partial charge is 0.310 e. The average molecular weight is 201 g/mol. The molecule has 5 heteroatoms. The van der Waals surface area contributed by atoms with Crippen molar-refractivity contribution in [3.05, 3.63) is 0 Å². The lowest BCUT2D eigenvalue weighted by Crippen LogP contribution is -2.30. The summed E-state index contributed by atoms with van der Waals surface area (Å²) >= 11 is 0. The number of methoxy groups -OCH3 is 2. The summed E-state index contributed by atoms with van der Waals surface area (Å²) in [6.07, 6.45) is 0. The van der Waals surface area contributed by atoms with Gasteiger partial charge in [-0.25, -0.2) is 0 Å². The third-order valence-corrected chi connectivity index (χ3v) is 2.51. The van der Waals surface area contributed by atoms with E-state index in [0.29, 0.717) is 13.1 Å². The molecule has 0 bridgehead atoms. The van der Waals surface area contributed by atoms with Crippen molar-refractivity contribution in [3.8, 4) is 0 Å². The molecule has 0 N–H and O–H groups in total. The number of ether oxygens (including phenoxy) is 2. The molecule has 1 fully saturated rings. The van der Waals surface area contributed by atoms with Crippen LogP contribution >= 0.6 is 0 Å². The Morgan fingerprint density at radius 1 is 1.07 bits per heavy atom. The van der Waals surface area contributed by atoms with Gasteiger partial charge in [-0.2, -0.15) is 0 Å². The Morgan fingerprint density at radius 3 is 1.71 bits per heavy atom. The first-order valence-electron chi connectivity index (χ1n) is 4.44. The largest absolute Gasteiger partial charge is 0.469 e. The maximum Gasteiger partial charge on any atom is 0.310 e. The Bertz CT molecular complexity index is 217. The molecular weight excluding hydrogens is 186 g/mol. The maximum absolute atomic E-state index is 11.3. The van der Waals surface area contributed by atoms with Gasteiger partial charge in [0.05, 0.1) is 26.1 Å². The molecule has 0 spiro atoms. The summed E-state index contributed by atoms with van der Waals surface area (Å²) in [4.78, 5) is 24.6. The highest BCUT2D eigenvalue weighted by atomic mass is 16.5. The molecule has 0 aromatic rings. The highest BCUT2D eigenvalue weighted by Crippen LogP contribution is 2.24. The zero-order valence-electron chi connectivity index (χ0n) is 8.65. The summed E-state index contributed by atoms with van der Waals surface area (Å²) in [6.45, 7) is 1.10. The summed E-state index contributed by atoms with van der Waals surface area (Å²) in [5.41, 5.74) is 0. The van der Waals surface area contributed by atoms with Crippen LogP contribution in [-0.2, 0) is 19.1 Å². The van der Waals surface area contributed by atoms with Crippen LogP contribution in [-0.4, -0.2) is 51.2 Å². The highest BCUT2D eigenvalue weighted by molar-refractivity contribution is 5.83. The van der Waals surface area contributed by atoms with E-state index in [9.17, 15) is 9.59 Å². The number of nitrogens with zero attached hydrogens (tertiary/aromatic N) is 1. The van der Waals surface area contributed by atoms with Crippen molar-refractivity contribution in [2.45, 2.75) is 0 Å². The predicted octanol–water partition coefficient (Wildman–Crippen LogP) is -0.490. The molecule has 1 heterocycles. The molecule has 1 aliphatic rings. The fourth-order valence-electron chi connectivity index (χ4n) is 1.78. The van der Waals surface area contributed by atoms with Gasteiger partial charge in [-0.1, -0.05) is 0 Å². The second-order valence-electron chi connectivity index (χ2n) is 3.48. The first-order chi connectivity index (χ1) is 6.60. The second-order valence-corrected chi connectivity index (χ2v) is 3.48. The third-order valence-electron chi connectivity index (χ3n) is 2.51. The third kappa shape index (κ3) is 2.04. The van der Waals surface area contributed by atoms with Gasteiger partial charge in [-0.05, 0) is 7.05 Å². The summed E-state index contributed by atoms with van der Waals surface area (Å²) in [7, 11) is 4.52. The molecule has 0 amide bonds. The van der Waals surface area contributed by atoms with Crippen molar-refractivity contribution in [1.29, 1.82) is 0 Å². The quantitative estimate of drug-likeness (QED) is 0.564. The molecule has 0 aromatic carbocycles. The van der Waals surface area contributed by atoms with E-state index in [0.717, 1.165) is 0 Å². The van der Waals surface area contributed by atoms with Gasteiger partial charge in [0.1, 0.15) is 0 Å². The lowest BCUT2D eigenvalue weighted by atomic mass is 9.96. The molecule has 1 saturated heterocycles. The van der Waals surface area contributed by atoms with Gasteiger partial charge in [0.25, 0.3) is 0 Å². The Labute approximate surface area is 83.0 Å². The van der Waals surface area contributed by atoms with Crippen molar-refractivity contribution < 1.29 is 19.1 Å². The number of hydrogen-bond donors (Lipinski definition) is 0. The van der Waals surface area contributed by atoms with Gasteiger partial charge in [0.2, 0.25) is 0 Å². The van der Waals surface area contributed by atoms with E-state index in [1.807, 2.05) is 11.9 Å². The van der Waals surface area contributed by atoms with E-state index in [4.69, 9.17) is 0 Å². The average Bonchev–Trinajstić information content (AvgIpc) is 2.58. The van der Waals surface area contributed by atoms with Crippen molar-refractivity contribution >= 4 is 11.9 Å². The predicted molar refractivity (Wildman–Crippen MR) is 48.5 cm³/mol. The highest BCUT2D eigenvalue weighted by Gasteiger charge is 2.41. The zero-order valence-corrected chi connectivity index (χ0v) is 8.65. The Balaban J connectivity index is 2.72. The lowest BCUT2D eigenvalue weighted by Gasteiger charge is -2.13. The lowest BCUT2D eigenvalue weighted by molar-refractivity contribution is -0.155. The normalized spacial score (nSPS) is 27.4. The molecule has 0 aliphatic carbocycles. The minimum absolute atomic E-state index is 0.343. The van der Waals surface area contributed by atoms with E-state index in [1.54, 1.807) is 0 Å². The molecule has 1 aliphatic heterocycles. The first kappa shape index (κ1) is 11.0. The molecule has 0 saturated carbocycles. The Morgan fingerprint density at radius 2 is 1.43 bits per heavy atom. The van der Waals surface area contributed by atoms with Crippen LogP contribution in [0.25, 0.3) is 0 Å². The van der Waals surface area contributed by atoms with Crippen LogP contribution in [0.1, 0.15) is 0 Å². The van der Waals surface area contributed by atoms with E-state index in [-0.39, 0.29) is 11.9 Å². The van der Waals surface area contributed by atoms with Crippen LogP contribution in [0.5, 0.6) is 0 Å². The van der Waals surface area contributed by atoms with Crippen LogP contribution in [0, 0.1) is 11.8 Å². The van der Waals surface area contributed by atoms with Crippen LogP contribution < -0.4 is 0 Å². The van der Waals surface area contributed by atoms with Gasteiger partial charge in [-0.15, -0.1) is 0 Å². The van der Waals surface area contributed by atoms with Crippen LogP contribution in [0.2, 0.25) is 0 Å². The number of carbonyl (C=O) groups excluding carboxylic acids is 2. The zero-order chi connectivity index (χ0) is 10.7. The molecule has 1 rings (SSSR count). The second kappa shape index (κ2) is 4.41. The number of hydrogen-bond acceptors (Lipinski definition) is 5. The Kier molecular flexibility index (Phi) is 3.46. The minimum Gasteiger partial charge on any atom is -0.469 e. The van der Waals surface area contributed by atoms with Crippen molar-refractivity contribution in [2.75, 3.05) is 34.4 Å². The number of carbonyl (C=O) groups is 2. The SMILES string of the molecule is COC(=O)[C@H]1CN(C)C[C@H]1C(=O)OC. The topological polar surface area (TPSA) is 55.8 Å². The van der Waals surface area contributed by atoms with E-state index < -0.39 is 11.8 Å². The van der Waals surface area contributed by atoms with Gasteiger partial charge >= 0.3 is 11.9 Å². The molecular formula is C9H15NO4. The molecule has 2 atom stereocenters. The molecule has 5 nitrogen and oxygen atoms in total. The molecule has 80 valence electrons. The summed E-state index contributed by atoms with van der Waals surface area (Å²) in [5, 5.41) is 0. The monoisotopic (exact) mass is 201 g/mol. The number of rotatable bonds is 2. The Hall–Kier alpha value is -1.10. The van der Waals surface area contributed by atoms with E-state index in [1.165, 1.54) is 14.2 Å². The van der Waals surface area contributed by atoms with Gasteiger partial charge < -0.3 is 14.4 Å². The van der Waals surface area contributed by atoms with Crippen LogP contribution in [0.4, 0.5) is 0 Å². The maximum atomic E-state index is 11.3. The first-order valence-corrected chi connectivity index (χ1v) is 4.44. The van der Waals surface area contributed by atoms with E-state index >= 15 is 0 Å². The van der Waals surface area contributed by atoms with Crippen molar-refractivity contribution in [3.63, 3.8) is 0 Å². The summed E-state index contributed by atoms with van der Waals surface area (Å²) in [6, 6.07) is 0. The number of esters is 2. The molecule has 0 aromatic heterocycles. The van der Waals surface area contributed by atoms with Gasteiger partial charge in [0.15, 0.2) is 0 Å². The number of likely N-dealkylation sites (tertiary alicyclic amines) is 1. The standard InChI is InChI=1S/C9H15NO4/c1-10-4-6(8(11)13-2)7(5-10)9(12)14-3/h6-7H,4-5H2,1-3H3/t6-,7+. The van der Waals surface area contributed by atoms with Crippen LogP contribution in [0.3, 0.4) is 0 Å².